The second-order valence-electron chi connectivity index (χ2n) is 4.85. The summed E-state index contributed by atoms with van der Waals surface area (Å²) in [6, 6.07) is 14.1. The average molecular weight is 310 g/mol. The van der Waals surface area contributed by atoms with Crippen molar-refractivity contribution in [3.8, 4) is 17.5 Å². The lowest BCUT2D eigenvalue weighted by Gasteiger charge is -1.96. The molecular formula is C16H11FN4O2. The van der Waals surface area contributed by atoms with Gasteiger partial charge in [-0.15, -0.1) is 5.10 Å². The van der Waals surface area contributed by atoms with Crippen molar-refractivity contribution >= 4 is 11.0 Å². The summed E-state index contributed by atoms with van der Waals surface area (Å²) in [5.74, 6) is 0.468. The fraction of sp³-hybridized carbons (Fsp3) is 0.0625. The number of hydrogen-bond acceptors (Lipinski definition) is 5. The first-order chi connectivity index (χ1) is 11.3. The van der Waals surface area contributed by atoms with E-state index in [4.69, 9.17) is 9.15 Å². The molecular weight excluding hydrogens is 299 g/mol. The molecule has 6 nitrogen and oxygen atoms in total. The molecule has 7 heteroatoms. The molecule has 0 bridgehead atoms. The highest BCUT2D eigenvalue weighted by Crippen LogP contribution is 2.21. The molecule has 2 aromatic carbocycles. The van der Waals surface area contributed by atoms with Crippen molar-refractivity contribution in [3.05, 3.63) is 60.2 Å². The van der Waals surface area contributed by atoms with Gasteiger partial charge in [-0.2, -0.15) is 0 Å². The van der Waals surface area contributed by atoms with E-state index in [2.05, 4.69) is 20.2 Å². The molecule has 4 aromatic rings. The Balaban J connectivity index is 1.50. The van der Waals surface area contributed by atoms with Gasteiger partial charge < -0.3 is 14.1 Å². The van der Waals surface area contributed by atoms with Crippen molar-refractivity contribution in [1.82, 2.24) is 20.2 Å². The van der Waals surface area contributed by atoms with E-state index in [9.17, 15) is 4.39 Å². The summed E-state index contributed by atoms with van der Waals surface area (Å²) in [5, 5.41) is 7.75. The predicted molar refractivity (Wildman–Crippen MR) is 80.1 cm³/mol. The van der Waals surface area contributed by atoms with Crippen LogP contribution in [0.5, 0.6) is 6.08 Å². The number of imidazole rings is 1. The molecule has 23 heavy (non-hydrogen) atoms. The predicted octanol–water partition coefficient (Wildman–Crippen LogP) is 3.33. The fourth-order valence-electron chi connectivity index (χ4n) is 2.21. The number of aromatic amines is 1. The molecule has 0 fully saturated rings. The zero-order valence-electron chi connectivity index (χ0n) is 11.9. The highest BCUT2D eigenvalue weighted by molar-refractivity contribution is 5.75. The van der Waals surface area contributed by atoms with Gasteiger partial charge in [0.15, 0.2) is 12.4 Å². The van der Waals surface area contributed by atoms with Crippen LogP contribution in [-0.4, -0.2) is 20.2 Å². The molecule has 0 saturated heterocycles. The minimum Gasteiger partial charge on any atom is -0.441 e. The average Bonchev–Trinajstić information content (AvgIpc) is 3.21. The van der Waals surface area contributed by atoms with Crippen molar-refractivity contribution in [2.24, 2.45) is 0 Å². The van der Waals surface area contributed by atoms with Crippen molar-refractivity contribution in [2.45, 2.75) is 6.61 Å². The Morgan fingerprint density at radius 3 is 2.74 bits per heavy atom. The fourth-order valence-corrected chi connectivity index (χ4v) is 2.21. The Bertz CT molecular complexity index is 949. The van der Waals surface area contributed by atoms with Gasteiger partial charge in [-0.05, 0) is 24.3 Å². The molecule has 0 radical (unpaired) electrons. The van der Waals surface area contributed by atoms with Gasteiger partial charge in [0, 0.05) is 5.56 Å². The first-order valence-corrected chi connectivity index (χ1v) is 6.94. The van der Waals surface area contributed by atoms with Crippen molar-refractivity contribution < 1.29 is 13.5 Å². The largest absolute Gasteiger partial charge is 0.441 e. The SMILES string of the molecule is Fc1cccc2[nH]c(COc3nnc(-c4ccccc4)o3)nc12. The third-order valence-corrected chi connectivity index (χ3v) is 3.27. The van der Waals surface area contributed by atoms with E-state index in [1.807, 2.05) is 30.3 Å². The van der Waals surface area contributed by atoms with E-state index < -0.39 is 0 Å². The summed E-state index contributed by atoms with van der Waals surface area (Å²) < 4.78 is 24.4. The summed E-state index contributed by atoms with van der Waals surface area (Å²) >= 11 is 0. The number of para-hydroxylation sites is 1. The Hall–Kier alpha value is -3.22. The highest BCUT2D eigenvalue weighted by Gasteiger charge is 2.11. The van der Waals surface area contributed by atoms with E-state index in [-0.39, 0.29) is 24.0 Å². The van der Waals surface area contributed by atoms with Crippen LogP contribution in [0.3, 0.4) is 0 Å². The van der Waals surface area contributed by atoms with Crippen LogP contribution in [0.25, 0.3) is 22.5 Å². The third kappa shape index (κ3) is 2.64. The quantitative estimate of drug-likeness (QED) is 0.625. The van der Waals surface area contributed by atoms with Crippen LogP contribution >= 0.6 is 0 Å². The van der Waals surface area contributed by atoms with Crippen LogP contribution in [0.4, 0.5) is 4.39 Å². The topological polar surface area (TPSA) is 76.8 Å². The Morgan fingerprint density at radius 2 is 1.91 bits per heavy atom. The summed E-state index contributed by atoms with van der Waals surface area (Å²) in [6.45, 7) is 0.0740. The first kappa shape index (κ1) is 13.4. The molecule has 2 aromatic heterocycles. The third-order valence-electron chi connectivity index (χ3n) is 3.27. The van der Waals surface area contributed by atoms with Crippen LogP contribution in [0.1, 0.15) is 5.82 Å². The van der Waals surface area contributed by atoms with E-state index in [0.29, 0.717) is 17.2 Å². The molecule has 0 saturated carbocycles. The molecule has 0 aliphatic carbocycles. The number of nitrogens with one attached hydrogen (secondary N) is 1. The Kier molecular flexibility index (Phi) is 3.23. The monoisotopic (exact) mass is 310 g/mol. The molecule has 0 aliphatic heterocycles. The normalized spacial score (nSPS) is 11.0. The maximum atomic E-state index is 13.6. The van der Waals surface area contributed by atoms with Gasteiger partial charge in [-0.3, -0.25) is 0 Å². The van der Waals surface area contributed by atoms with Crippen LogP contribution in [0.2, 0.25) is 0 Å². The molecule has 0 spiro atoms. The lowest BCUT2D eigenvalue weighted by atomic mass is 10.2. The van der Waals surface area contributed by atoms with Crippen LogP contribution in [0, 0.1) is 5.82 Å². The number of halogens is 1. The van der Waals surface area contributed by atoms with Crippen molar-refractivity contribution in [3.63, 3.8) is 0 Å². The zero-order valence-corrected chi connectivity index (χ0v) is 11.9. The van der Waals surface area contributed by atoms with Gasteiger partial charge in [0.25, 0.3) is 5.89 Å². The number of H-pyrrole nitrogens is 1. The molecule has 2 heterocycles. The Labute approximate surface area is 130 Å². The van der Waals surface area contributed by atoms with Crippen LogP contribution in [0.15, 0.2) is 52.9 Å². The molecule has 0 amide bonds. The van der Waals surface area contributed by atoms with Crippen LogP contribution in [-0.2, 0) is 6.61 Å². The van der Waals surface area contributed by atoms with Gasteiger partial charge >= 0.3 is 6.08 Å². The number of fused-ring (bicyclic) bond motifs is 1. The lowest BCUT2D eigenvalue weighted by Crippen LogP contribution is -1.97. The second kappa shape index (κ2) is 5.53. The first-order valence-electron chi connectivity index (χ1n) is 6.94. The summed E-state index contributed by atoms with van der Waals surface area (Å²) in [4.78, 5) is 7.13. The van der Waals surface area contributed by atoms with Crippen LogP contribution < -0.4 is 4.74 Å². The number of hydrogen-bond donors (Lipinski definition) is 1. The summed E-state index contributed by atoms with van der Waals surface area (Å²) in [5.41, 5.74) is 1.70. The molecule has 4 rings (SSSR count). The smallest absolute Gasteiger partial charge is 0.415 e. The van der Waals surface area contributed by atoms with E-state index >= 15 is 0 Å². The minimum absolute atomic E-state index is 0.0322. The standard InChI is InChI=1S/C16H11FN4O2/c17-11-7-4-8-12-14(11)19-13(18-12)9-22-16-21-20-15(23-16)10-5-2-1-3-6-10/h1-8H,9H2,(H,18,19). The van der Waals surface area contributed by atoms with Gasteiger partial charge in [-0.1, -0.05) is 29.4 Å². The number of benzene rings is 2. The van der Waals surface area contributed by atoms with Crippen molar-refractivity contribution in [2.75, 3.05) is 0 Å². The molecule has 0 unspecified atom stereocenters. The number of ether oxygens (including phenoxy) is 1. The van der Waals surface area contributed by atoms with E-state index in [1.165, 1.54) is 6.07 Å². The van der Waals surface area contributed by atoms with Gasteiger partial charge in [0.1, 0.15) is 11.3 Å². The number of nitrogens with zero attached hydrogens (tertiary/aromatic N) is 3. The summed E-state index contributed by atoms with van der Waals surface area (Å²) in [7, 11) is 0. The molecule has 0 aliphatic rings. The maximum absolute atomic E-state index is 13.6. The second-order valence-corrected chi connectivity index (χ2v) is 4.85. The zero-order chi connectivity index (χ0) is 15.6. The van der Waals surface area contributed by atoms with Gasteiger partial charge in [-0.25, -0.2) is 9.37 Å². The molecule has 1 N–H and O–H groups in total. The minimum atomic E-state index is -0.380. The lowest BCUT2D eigenvalue weighted by molar-refractivity contribution is 0.216. The van der Waals surface area contributed by atoms with Crippen molar-refractivity contribution in [1.29, 1.82) is 0 Å². The van der Waals surface area contributed by atoms with E-state index in [1.54, 1.807) is 12.1 Å². The van der Waals surface area contributed by atoms with Gasteiger partial charge in [0.05, 0.1) is 5.52 Å². The summed E-state index contributed by atoms with van der Waals surface area (Å²) in [6.07, 6.45) is 0.0322. The molecule has 0 atom stereocenters. The molecule has 114 valence electrons. The highest BCUT2D eigenvalue weighted by atomic mass is 19.1. The number of aromatic nitrogens is 4. The number of rotatable bonds is 4. The van der Waals surface area contributed by atoms with E-state index in [0.717, 1.165) is 5.56 Å². The Morgan fingerprint density at radius 1 is 1.04 bits per heavy atom. The maximum Gasteiger partial charge on any atom is 0.415 e. The van der Waals surface area contributed by atoms with Gasteiger partial charge in [0.2, 0.25) is 0 Å².